The molecule has 3 aliphatic rings. The Balaban J connectivity index is 2.19. The minimum Gasteiger partial charge on any atom is -0.293 e. The van der Waals surface area contributed by atoms with E-state index in [2.05, 4.69) is 0 Å². The van der Waals surface area contributed by atoms with E-state index in [1.807, 2.05) is 12.2 Å². The van der Waals surface area contributed by atoms with Crippen LogP contribution in [0.2, 0.25) is 0 Å². The predicted octanol–water partition coefficient (Wildman–Crippen LogP) is 2.06. The molecule has 0 saturated heterocycles. The summed E-state index contributed by atoms with van der Waals surface area (Å²) in [6.45, 7) is 0. The highest BCUT2D eigenvalue weighted by atomic mass is 35.5. The molecule has 2 bridgehead atoms. The summed E-state index contributed by atoms with van der Waals surface area (Å²) in [5.74, 6) is -0.754. The number of allylic oxidation sites excluding steroid dienone is 4. The Kier molecular flexibility index (Phi) is 1.76. The van der Waals surface area contributed by atoms with E-state index < -0.39 is 10.8 Å². The second kappa shape index (κ2) is 2.74. The number of carbonyl (C=O) groups excluding carboxylic acids is 2. The molecule has 0 spiro atoms. The summed E-state index contributed by atoms with van der Waals surface area (Å²) < 4.78 is 0. The molecule has 1 saturated carbocycles. The summed E-state index contributed by atoms with van der Waals surface area (Å²) in [5.41, 5.74) is 0. The van der Waals surface area contributed by atoms with Gasteiger partial charge in [0.25, 0.3) is 0 Å². The van der Waals surface area contributed by atoms with E-state index in [1.165, 1.54) is 6.08 Å². The number of Topliss-reactive ketones (excluding diaryl/α,β-unsaturated/α-hetero) is 1. The minimum atomic E-state index is -1.05. The average molecular weight is 243 g/mol. The second-order valence-electron chi connectivity index (χ2n) is 4.36. The first-order chi connectivity index (χ1) is 7.05. The number of fused-ring (bicyclic) bond motifs is 5. The highest BCUT2D eigenvalue weighted by Gasteiger charge is 2.63. The highest BCUT2D eigenvalue weighted by Crippen LogP contribution is 2.57. The first-order valence-corrected chi connectivity index (χ1v) is 5.64. The van der Waals surface area contributed by atoms with Crippen molar-refractivity contribution in [3.8, 4) is 0 Å². The van der Waals surface area contributed by atoms with Crippen molar-refractivity contribution in [2.75, 3.05) is 0 Å². The number of halogens is 2. The van der Waals surface area contributed by atoms with Crippen molar-refractivity contribution in [3.63, 3.8) is 0 Å². The van der Waals surface area contributed by atoms with Crippen molar-refractivity contribution in [2.24, 2.45) is 17.8 Å². The van der Waals surface area contributed by atoms with E-state index in [4.69, 9.17) is 23.2 Å². The number of carbonyl (C=O) groups is 2. The molecule has 3 aliphatic carbocycles. The van der Waals surface area contributed by atoms with Crippen molar-refractivity contribution >= 4 is 34.8 Å². The van der Waals surface area contributed by atoms with Crippen LogP contribution < -0.4 is 0 Å². The average Bonchev–Trinajstić information content (AvgIpc) is 2.74. The van der Waals surface area contributed by atoms with Crippen LogP contribution in [-0.4, -0.2) is 16.4 Å². The van der Waals surface area contributed by atoms with E-state index in [0.717, 1.165) is 6.42 Å². The molecule has 4 unspecified atom stereocenters. The third kappa shape index (κ3) is 0.969. The number of hydrogen-bond acceptors (Lipinski definition) is 2. The molecule has 0 aromatic rings. The van der Waals surface area contributed by atoms with E-state index in [0.29, 0.717) is 0 Å². The van der Waals surface area contributed by atoms with Gasteiger partial charge in [-0.25, -0.2) is 0 Å². The topological polar surface area (TPSA) is 34.1 Å². The van der Waals surface area contributed by atoms with Gasteiger partial charge in [-0.3, -0.25) is 9.59 Å². The van der Waals surface area contributed by atoms with E-state index in [9.17, 15) is 9.59 Å². The maximum atomic E-state index is 11.9. The molecule has 78 valence electrons. The van der Waals surface area contributed by atoms with Crippen LogP contribution in [0.15, 0.2) is 23.3 Å². The quantitative estimate of drug-likeness (QED) is 0.482. The lowest BCUT2D eigenvalue weighted by atomic mass is 9.74. The van der Waals surface area contributed by atoms with Gasteiger partial charge >= 0.3 is 0 Å². The summed E-state index contributed by atoms with van der Waals surface area (Å²) in [6, 6.07) is 0. The summed E-state index contributed by atoms with van der Waals surface area (Å²) in [7, 11) is 0. The molecule has 1 fully saturated rings. The number of hydrogen-bond donors (Lipinski definition) is 0. The number of ketones is 2. The summed E-state index contributed by atoms with van der Waals surface area (Å²) in [5, 5.41) is 0.0298. The van der Waals surface area contributed by atoms with Gasteiger partial charge in [0.2, 0.25) is 0 Å². The van der Waals surface area contributed by atoms with Gasteiger partial charge in [0, 0.05) is 12.0 Å². The predicted molar refractivity (Wildman–Crippen MR) is 56.8 cm³/mol. The Morgan fingerprint density at radius 1 is 1.33 bits per heavy atom. The molecule has 15 heavy (non-hydrogen) atoms. The molecule has 0 N–H and O–H groups in total. The monoisotopic (exact) mass is 242 g/mol. The smallest absolute Gasteiger partial charge is 0.180 e. The van der Waals surface area contributed by atoms with E-state index in [-0.39, 0.29) is 28.4 Å². The first-order valence-electron chi connectivity index (χ1n) is 4.88. The van der Waals surface area contributed by atoms with Crippen molar-refractivity contribution in [3.05, 3.63) is 23.3 Å². The molecule has 0 aromatic carbocycles. The van der Waals surface area contributed by atoms with Crippen molar-refractivity contribution in [2.45, 2.75) is 11.3 Å². The molecule has 4 heteroatoms. The van der Waals surface area contributed by atoms with Crippen LogP contribution >= 0.6 is 23.2 Å². The summed E-state index contributed by atoms with van der Waals surface area (Å²) in [6.07, 6.45) is 5.91. The normalized spacial score (nSPS) is 47.1. The van der Waals surface area contributed by atoms with E-state index >= 15 is 0 Å². The lowest BCUT2D eigenvalue weighted by molar-refractivity contribution is -0.128. The van der Waals surface area contributed by atoms with Gasteiger partial charge in [-0.2, -0.15) is 0 Å². The Morgan fingerprint density at radius 3 is 2.80 bits per heavy atom. The van der Waals surface area contributed by atoms with Gasteiger partial charge in [0.05, 0.1) is 11.0 Å². The summed E-state index contributed by atoms with van der Waals surface area (Å²) >= 11 is 12.1. The van der Waals surface area contributed by atoms with Crippen LogP contribution in [-0.2, 0) is 9.59 Å². The SMILES string of the molecule is O=C1C(Cl)=CC(=O)C2(Cl)C3C=CC(C3)C12. The van der Waals surface area contributed by atoms with Gasteiger partial charge in [-0.15, -0.1) is 11.6 Å². The molecular weight excluding hydrogens is 235 g/mol. The third-order valence-corrected chi connectivity index (χ3v) is 4.69. The Bertz CT molecular complexity index is 438. The zero-order valence-electron chi connectivity index (χ0n) is 7.74. The molecule has 3 rings (SSSR count). The second-order valence-corrected chi connectivity index (χ2v) is 5.39. The Morgan fingerprint density at radius 2 is 2.07 bits per heavy atom. The van der Waals surface area contributed by atoms with Crippen molar-refractivity contribution in [1.82, 2.24) is 0 Å². The molecule has 0 aromatic heterocycles. The molecule has 0 aliphatic heterocycles. The lowest BCUT2D eigenvalue weighted by Gasteiger charge is -2.35. The van der Waals surface area contributed by atoms with Crippen LogP contribution in [0.5, 0.6) is 0 Å². The van der Waals surface area contributed by atoms with Gasteiger partial charge in [0.15, 0.2) is 11.6 Å². The Hall–Kier alpha value is -0.600. The fourth-order valence-electron chi connectivity index (χ4n) is 2.99. The zero-order valence-corrected chi connectivity index (χ0v) is 9.26. The van der Waals surface area contributed by atoms with Crippen LogP contribution in [0.3, 0.4) is 0 Å². The van der Waals surface area contributed by atoms with Gasteiger partial charge < -0.3 is 0 Å². The van der Waals surface area contributed by atoms with Gasteiger partial charge in [-0.1, -0.05) is 23.8 Å². The van der Waals surface area contributed by atoms with Crippen LogP contribution in [0.4, 0.5) is 0 Å². The van der Waals surface area contributed by atoms with Crippen LogP contribution in [0.1, 0.15) is 6.42 Å². The first kappa shape index (κ1) is 9.61. The maximum absolute atomic E-state index is 11.9. The molecule has 4 atom stereocenters. The zero-order chi connectivity index (χ0) is 10.8. The molecule has 2 nitrogen and oxygen atoms in total. The minimum absolute atomic E-state index is 0.00775. The largest absolute Gasteiger partial charge is 0.293 e. The molecule has 0 radical (unpaired) electrons. The molecule has 0 heterocycles. The molecular formula is C11H8Cl2O2. The maximum Gasteiger partial charge on any atom is 0.180 e. The Labute approximate surface area is 96.9 Å². The van der Waals surface area contributed by atoms with E-state index in [1.54, 1.807) is 0 Å². The van der Waals surface area contributed by atoms with Crippen LogP contribution in [0, 0.1) is 17.8 Å². The number of rotatable bonds is 0. The highest BCUT2D eigenvalue weighted by molar-refractivity contribution is 6.50. The third-order valence-electron chi connectivity index (χ3n) is 3.69. The van der Waals surface area contributed by atoms with Crippen molar-refractivity contribution < 1.29 is 9.59 Å². The standard InChI is InChI=1S/C11H8Cl2O2/c12-7-4-8(14)11(13)6-2-1-5(3-6)9(11)10(7)15/h1-2,4-6,9H,3H2. The van der Waals surface area contributed by atoms with Crippen molar-refractivity contribution in [1.29, 1.82) is 0 Å². The molecule has 0 amide bonds. The summed E-state index contributed by atoms with van der Waals surface area (Å²) in [4.78, 5) is 22.7. The fraction of sp³-hybridized carbons (Fsp3) is 0.455. The van der Waals surface area contributed by atoms with Gasteiger partial charge in [-0.05, 0) is 12.3 Å². The van der Waals surface area contributed by atoms with Gasteiger partial charge in [0.1, 0.15) is 4.87 Å². The lowest BCUT2D eigenvalue weighted by Crippen LogP contribution is -2.49. The fourth-order valence-corrected chi connectivity index (χ4v) is 3.69. The number of alkyl halides is 1. The van der Waals surface area contributed by atoms with Crippen LogP contribution in [0.25, 0.3) is 0 Å².